The molecule has 0 saturated carbocycles. The average molecular weight is 293 g/mol. The van der Waals surface area contributed by atoms with Gasteiger partial charge in [0.15, 0.2) is 0 Å². The summed E-state index contributed by atoms with van der Waals surface area (Å²) in [7, 11) is 0. The monoisotopic (exact) mass is 292 g/mol. The highest BCUT2D eigenvalue weighted by molar-refractivity contribution is 9.10. The molecule has 0 bridgehead atoms. The van der Waals surface area contributed by atoms with Crippen LogP contribution in [0.25, 0.3) is 0 Å². The minimum Gasteiger partial charge on any atom is -0.478 e. The van der Waals surface area contributed by atoms with Gasteiger partial charge in [0, 0.05) is 6.20 Å². The van der Waals surface area contributed by atoms with Crippen LogP contribution >= 0.6 is 15.9 Å². The van der Waals surface area contributed by atoms with Gasteiger partial charge in [-0.3, -0.25) is 0 Å². The van der Waals surface area contributed by atoms with Gasteiger partial charge in [-0.1, -0.05) is 0 Å². The van der Waals surface area contributed by atoms with Gasteiger partial charge in [-0.15, -0.1) is 0 Å². The Morgan fingerprint density at radius 2 is 2.19 bits per heavy atom. The maximum atomic E-state index is 12.6. The van der Waals surface area contributed by atoms with Gasteiger partial charge < -0.3 is 10.0 Å². The summed E-state index contributed by atoms with van der Waals surface area (Å²) in [5, 5.41) is 8.70. The highest BCUT2D eigenvalue weighted by Crippen LogP contribution is 2.34. The van der Waals surface area contributed by atoms with E-state index in [0.717, 1.165) is 6.20 Å². The van der Waals surface area contributed by atoms with Crippen LogP contribution in [-0.2, 0) is 0 Å². The summed E-state index contributed by atoms with van der Waals surface area (Å²) in [6.07, 6.45) is 1.15. The molecule has 2 heterocycles. The Bertz CT molecular complexity index is 445. The molecule has 0 spiro atoms. The van der Waals surface area contributed by atoms with Crippen molar-refractivity contribution in [2.24, 2.45) is 0 Å². The molecular formula is C9H7BrF2N2O2. The number of nitrogens with zero attached hydrogens (tertiary/aromatic N) is 2. The minimum absolute atomic E-state index is 0.0166. The number of carboxylic acid groups (broad SMARTS) is 1. The van der Waals surface area contributed by atoms with Gasteiger partial charge >= 0.3 is 5.97 Å². The smallest absolute Gasteiger partial charge is 0.337 e. The van der Waals surface area contributed by atoms with Crippen molar-refractivity contribution in [1.29, 1.82) is 0 Å². The van der Waals surface area contributed by atoms with Crippen LogP contribution in [0.4, 0.5) is 14.6 Å². The lowest BCUT2D eigenvalue weighted by atomic mass is 10.1. The zero-order valence-electron chi connectivity index (χ0n) is 7.95. The normalized spacial score (nSPS) is 18.1. The van der Waals surface area contributed by atoms with Crippen LogP contribution < -0.4 is 4.90 Å². The van der Waals surface area contributed by atoms with Crippen molar-refractivity contribution in [3.63, 3.8) is 0 Å². The van der Waals surface area contributed by atoms with Crippen molar-refractivity contribution in [3.05, 3.63) is 22.3 Å². The molecule has 1 aromatic heterocycles. The van der Waals surface area contributed by atoms with Crippen LogP contribution in [0.1, 0.15) is 10.4 Å². The van der Waals surface area contributed by atoms with Crippen molar-refractivity contribution in [3.8, 4) is 0 Å². The molecular weight excluding hydrogens is 286 g/mol. The summed E-state index contributed by atoms with van der Waals surface area (Å²) in [6.45, 7) is -0.768. The van der Waals surface area contributed by atoms with Crippen molar-refractivity contribution in [1.82, 2.24) is 4.98 Å². The molecule has 0 aliphatic carbocycles. The molecule has 7 heteroatoms. The summed E-state index contributed by atoms with van der Waals surface area (Å²) >= 11 is 3.12. The molecule has 1 aliphatic rings. The van der Waals surface area contributed by atoms with Crippen molar-refractivity contribution >= 4 is 27.7 Å². The predicted molar refractivity (Wildman–Crippen MR) is 56.1 cm³/mol. The van der Waals surface area contributed by atoms with E-state index in [-0.39, 0.29) is 18.7 Å². The third kappa shape index (κ3) is 1.99. The number of rotatable bonds is 2. The highest BCUT2D eigenvalue weighted by atomic mass is 79.9. The van der Waals surface area contributed by atoms with Crippen LogP contribution in [0.5, 0.6) is 0 Å². The number of carbonyl (C=O) groups is 1. The Balaban J connectivity index is 2.21. The Labute approximate surface area is 98.0 Å². The SMILES string of the molecule is O=C(O)c1cnc(N2CC(F)(F)C2)c(Br)c1. The molecule has 2 rings (SSSR count). The molecule has 1 saturated heterocycles. The number of carboxylic acids is 1. The quantitative estimate of drug-likeness (QED) is 0.906. The second-order valence-electron chi connectivity index (χ2n) is 3.55. The van der Waals surface area contributed by atoms with E-state index < -0.39 is 11.9 Å². The van der Waals surface area contributed by atoms with Gasteiger partial charge in [0.05, 0.1) is 23.1 Å². The van der Waals surface area contributed by atoms with E-state index in [0.29, 0.717) is 10.3 Å². The standard InChI is InChI=1S/C9H7BrF2N2O2/c10-6-1-5(8(15)16)2-13-7(6)14-3-9(11,12)4-14/h1-2H,3-4H2,(H,15,16). The van der Waals surface area contributed by atoms with Crippen LogP contribution in [0.2, 0.25) is 0 Å². The van der Waals surface area contributed by atoms with Gasteiger partial charge in [-0.25, -0.2) is 18.6 Å². The van der Waals surface area contributed by atoms with Crippen LogP contribution in [0.15, 0.2) is 16.7 Å². The molecule has 1 fully saturated rings. The summed E-state index contributed by atoms with van der Waals surface area (Å²) < 4.78 is 25.7. The van der Waals surface area contributed by atoms with Crippen molar-refractivity contribution < 1.29 is 18.7 Å². The van der Waals surface area contributed by atoms with Gasteiger partial charge in [0.25, 0.3) is 5.92 Å². The topological polar surface area (TPSA) is 53.4 Å². The fraction of sp³-hybridized carbons (Fsp3) is 0.333. The number of aromatic carboxylic acids is 1. The van der Waals surface area contributed by atoms with Crippen LogP contribution in [-0.4, -0.2) is 35.1 Å². The summed E-state index contributed by atoms with van der Waals surface area (Å²) in [5.41, 5.74) is 0.0166. The molecule has 1 N–H and O–H groups in total. The van der Waals surface area contributed by atoms with Crippen molar-refractivity contribution in [2.75, 3.05) is 18.0 Å². The number of pyridine rings is 1. The number of halogens is 3. The first-order valence-corrected chi connectivity index (χ1v) is 5.20. The fourth-order valence-corrected chi connectivity index (χ4v) is 2.04. The molecule has 1 aromatic rings. The van der Waals surface area contributed by atoms with Gasteiger partial charge in [-0.2, -0.15) is 0 Å². The summed E-state index contributed by atoms with van der Waals surface area (Å²) in [4.78, 5) is 15.9. The lowest BCUT2D eigenvalue weighted by molar-refractivity contribution is -0.0267. The van der Waals surface area contributed by atoms with E-state index >= 15 is 0 Å². The molecule has 4 nitrogen and oxygen atoms in total. The van der Waals surface area contributed by atoms with E-state index in [9.17, 15) is 13.6 Å². The number of hydrogen-bond acceptors (Lipinski definition) is 3. The van der Waals surface area contributed by atoms with Crippen LogP contribution in [0.3, 0.4) is 0 Å². The predicted octanol–water partition coefficient (Wildman–Crippen LogP) is 2.00. The first kappa shape index (κ1) is 11.3. The van der Waals surface area contributed by atoms with E-state index in [4.69, 9.17) is 5.11 Å². The van der Waals surface area contributed by atoms with E-state index in [1.54, 1.807) is 0 Å². The average Bonchev–Trinajstić information content (AvgIpc) is 2.13. The van der Waals surface area contributed by atoms with E-state index in [2.05, 4.69) is 20.9 Å². The van der Waals surface area contributed by atoms with Crippen LogP contribution in [0, 0.1) is 0 Å². The number of anilines is 1. The third-order valence-electron chi connectivity index (χ3n) is 2.21. The molecule has 86 valence electrons. The Kier molecular flexibility index (Phi) is 2.57. The highest BCUT2D eigenvalue weighted by Gasteiger charge is 2.45. The lowest BCUT2D eigenvalue weighted by Gasteiger charge is -2.39. The Morgan fingerprint density at radius 1 is 1.56 bits per heavy atom. The molecule has 0 amide bonds. The third-order valence-corrected chi connectivity index (χ3v) is 2.80. The zero-order chi connectivity index (χ0) is 11.9. The minimum atomic E-state index is -2.67. The second-order valence-corrected chi connectivity index (χ2v) is 4.40. The second kappa shape index (κ2) is 3.65. The maximum Gasteiger partial charge on any atom is 0.337 e. The molecule has 0 atom stereocenters. The summed E-state index contributed by atoms with van der Waals surface area (Å²) in [6, 6.07) is 1.35. The van der Waals surface area contributed by atoms with Crippen molar-refractivity contribution in [2.45, 2.75) is 5.92 Å². The fourth-order valence-electron chi connectivity index (χ4n) is 1.44. The van der Waals surface area contributed by atoms with Gasteiger partial charge in [-0.05, 0) is 22.0 Å². The lowest BCUT2D eigenvalue weighted by Crippen LogP contribution is -2.56. The molecule has 16 heavy (non-hydrogen) atoms. The first-order chi connectivity index (χ1) is 7.39. The number of aromatic nitrogens is 1. The Morgan fingerprint density at radius 3 is 2.62 bits per heavy atom. The molecule has 0 aromatic carbocycles. The first-order valence-electron chi connectivity index (χ1n) is 4.41. The Hall–Kier alpha value is -1.24. The maximum absolute atomic E-state index is 12.6. The van der Waals surface area contributed by atoms with Gasteiger partial charge in [0.2, 0.25) is 0 Å². The molecule has 0 unspecified atom stereocenters. The number of alkyl halides is 2. The van der Waals surface area contributed by atoms with E-state index in [1.807, 2.05) is 0 Å². The molecule has 0 radical (unpaired) electrons. The van der Waals surface area contributed by atoms with E-state index in [1.165, 1.54) is 11.0 Å². The largest absolute Gasteiger partial charge is 0.478 e. The molecule has 1 aliphatic heterocycles. The number of hydrogen-bond donors (Lipinski definition) is 1. The summed E-state index contributed by atoms with van der Waals surface area (Å²) in [5.74, 6) is -3.43. The van der Waals surface area contributed by atoms with Gasteiger partial charge in [0.1, 0.15) is 5.82 Å². The zero-order valence-corrected chi connectivity index (χ0v) is 9.54.